The maximum absolute atomic E-state index is 3.30. The number of fused-ring (bicyclic) bond motifs is 2. The van der Waals surface area contributed by atoms with E-state index in [1.165, 1.54) is 43.1 Å². The molecule has 1 N–H and O–H groups in total. The topological polar surface area (TPSA) is 12.0 Å². The molecule has 7 aromatic rings. The van der Waals surface area contributed by atoms with Gasteiger partial charge in [-0.25, -0.2) is 0 Å². The van der Waals surface area contributed by atoms with Crippen LogP contribution in [0.15, 0.2) is 133 Å². The highest BCUT2D eigenvalue weighted by Crippen LogP contribution is 2.39. The van der Waals surface area contributed by atoms with Gasteiger partial charge in [0.05, 0.1) is 0 Å². The second-order valence-corrected chi connectivity index (χ2v) is 8.28. The molecule has 1 heteroatoms. The fourth-order valence-corrected chi connectivity index (χ4v) is 4.79. The first-order valence-electron chi connectivity index (χ1n) is 11.3. The van der Waals surface area contributed by atoms with Gasteiger partial charge >= 0.3 is 0 Å². The van der Waals surface area contributed by atoms with Crippen molar-refractivity contribution in [2.75, 3.05) is 5.32 Å². The SMILES string of the molecule is c1cc2cccc3c4cccc5cccc(c(c1)c23)c54.c1ccc(Nc2ccccc2)cc1. The zero-order valence-corrected chi connectivity index (χ0v) is 18.2. The van der Waals surface area contributed by atoms with Crippen LogP contribution in [0.5, 0.6) is 0 Å². The smallest absolute Gasteiger partial charge is 0.0384 e. The van der Waals surface area contributed by atoms with Gasteiger partial charge < -0.3 is 5.32 Å². The Morgan fingerprint density at radius 3 is 0.970 bits per heavy atom. The van der Waals surface area contributed by atoms with Gasteiger partial charge in [0, 0.05) is 11.4 Å². The van der Waals surface area contributed by atoms with E-state index in [0.717, 1.165) is 11.4 Å². The minimum Gasteiger partial charge on any atom is -0.356 e. The molecule has 0 radical (unpaired) electrons. The van der Waals surface area contributed by atoms with Gasteiger partial charge in [-0.3, -0.25) is 0 Å². The van der Waals surface area contributed by atoms with Gasteiger partial charge in [0.25, 0.3) is 0 Å². The Morgan fingerprint density at radius 2 is 0.636 bits per heavy atom. The van der Waals surface area contributed by atoms with Crippen molar-refractivity contribution in [3.63, 3.8) is 0 Å². The predicted octanol–water partition coefficient (Wildman–Crippen LogP) is 9.17. The zero-order chi connectivity index (χ0) is 22.0. The first kappa shape index (κ1) is 19.3. The highest BCUT2D eigenvalue weighted by molar-refractivity contribution is 6.32. The first-order chi connectivity index (χ1) is 16.4. The molecule has 1 nitrogen and oxygen atoms in total. The molecule has 0 amide bonds. The van der Waals surface area contributed by atoms with E-state index >= 15 is 0 Å². The van der Waals surface area contributed by atoms with Crippen molar-refractivity contribution in [2.45, 2.75) is 0 Å². The Morgan fingerprint density at radius 1 is 0.303 bits per heavy atom. The van der Waals surface area contributed by atoms with Crippen molar-refractivity contribution in [1.82, 2.24) is 0 Å². The molecule has 0 fully saturated rings. The molecule has 0 atom stereocenters. The van der Waals surface area contributed by atoms with Gasteiger partial charge in [-0.1, -0.05) is 109 Å². The fraction of sp³-hybridized carbons (Fsp3) is 0. The molecule has 0 unspecified atom stereocenters. The van der Waals surface area contributed by atoms with E-state index in [4.69, 9.17) is 0 Å². The number of hydrogen-bond donors (Lipinski definition) is 1. The van der Waals surface area contributed by atoms with E-state index < -0.39 is 0 Å². The van der Waals surface area contributed by atoms with Gasteiger partial charge in [-0.2, -0.15) is 0 Å². The maximum Gasteiger partial charge on any atom is 0.0384 e. The number of hydrogen-bond acceptors (Lipinski definition) is 1. The Labute approximate surface area is 193 Å². The Kier molecular flexibility index (Phi) is 4.86. The lowest BCUT2D eigenvalue weighted by Crippen LogP contribution is -1.87. The molecule has 0 aliphatic carbocycles. The van der Waals surface area contributed by atoms with Crippen LogP contribution in [0.1, 0.15) is 0 Å². The zero-order valence-electron chi connectivity index (χ0n) is 18.2. The van der Waals surface area contributed by atoms with Crippen molar-refractivity contribution in [3.8, 4) is 0 Å². The minimum atomic E-state index is 1.12. The molecule has 7 rings (SSSR count). The van der Waals surface area contributed by atoms with Gasteiger partial charge in [0.2, 0.25) is 0 Å². The summed E-state index contributed by atoms with van der Waals surface area (Å²) in [6.45, 7) is 0. The third-order valence-corrected chi connectivity index (χ3v) is 6.23. The van der Waals surface area contributed by atoms with Gasteiger partial charge in [-0.05, 0) is 67.4 Å². The second-order valence-electron chi connectivity index (χ2n) is 8.28. The van der Waals surface area contributed by atoms with Crippen LogP contribution in [0.25, 0.3) is 43.1 Å². The lowest BCUT2D eigenvalue weighted by molar-refractivity contribution is 1.55. The van der Waals surface area contributed by atoms with Gasteiger partial charge in [-0.15, -0.1) is 0 Å². The number of nitrogens with one attached hydrogen (secondary N) is 1. The first-order valence-corrected chi connectivity index (χ1v) is 11.3. The Balaban J connectivity index is 0.000000138. The van der Waals surface area contributed by atoms with Crippen LogP contribution in [0.3, 0.4) is 0 Å². The lowest BCUT2D eigenvalue weighted by atomic mass is 9.90. The monoisotopic (exact) mass is 421 g/mol. The van der Waals surface area contributed by atoms with Crippen molar-refractivity contribution in [1.29, 1.82) is 0 Å². The Bertz CT molecular complexity index is 1460. The molecule has 0 saturated heterocycles. The quantitative estimate of drug-likeness (QED) is 0.217. The van der Waals surface area contributed by atoms with Crippen LogP contribution in [0, 0.1) is 0 Å². The molecule has 33 heavy (non-hydrogen) atoms. The molecule has 0 aliphatic heterocycles. The molecule has 7 aromatic carbocycles. The molecule has 156 valence electrons. The summed E-state index contributed by atoms with van der Waals surface area (Å²) in [5, 5.41) is 14.2. The normalized spacial score (nSPS) is 11.0. The van der Waals surface area contributed by atoms with E-state index in [1.807, 2.05) is 60.7 Å². The molecule has 0 saturated carbocycles. The number of anilines is 2. The van der Waals surface area contributed by atoms with E-state index in [0.29, 0.717) is 0 Å². The maximum atomic E-state index is 3.30. The van der Waals surface area contributed by atoms with Crippen LogP contribution in [-0.4, -0.2) is 0 Å². The lowest BCUT2D eigenvalue weighted by Gasteiger charge is -2.13. The van der Waals surface area contributed by atoms with E-state index in [1.54, 1.807) is 0 Å². The third kappa shape index (κ3) is 3.54. The molecule has 0 aromatic heterocycles. The highest BCUT2D eigenvalue weighted by atomic mass is 14.9. The van der Waals surface area contributed by atoms with Gasteiger partial charge in [0.1, 0.15) is 0 Å². The van der Waals surface area contributed by atoms with Crippen molar-refractivity contribution in [3.05, 3.63) is 133 Å². The fourth-order valence-electron chi connectivity index (χ4n) is 4.79. The summed E-state index contributed by atoms with van der Waals surface area (Å²) < 4.78 is 0. The van der Waals surface area contributed by atoms with E-state index in [2.05, 4.69) is 78.1 Å². The molecule has 0 spiro atoms. The average molecular weight is 422 g/mol. The summed E-state index contributed by atoms with van der Waals surface area (Å²) in [5.41, 5.74) is 2.24. The van der Waals surface area contributed by atoms with Crippen LogP contribution in [-0.2, 0) is 0 Å². The van der Waals surface area contributed by atoms with E-state index in [9.17, 15) is 0 Å². The minimum absolute atomic E-state index is 1.12. The summed E-state index contributed by atoms with van der Waals surface area (Å²) in [6.07, 6.45) is 0. The van der Waals surface area contributed by atoms with Crippen LogP contribution in [0.2, 0.25) is 0 Å². The number of rotatable bonds is 2. The molecule has 0 bridgehead atoms. The van der Waals surface area contributed by atoms with Crippen molar-refractivity contribution in [2.24, 2.45) is 0 Å². The number of para-hydroxylation sites is 2. The average Bonchev–Trinajstić information content (AvgIpc) is 2.89. The second kappa shape index (κ2) is 8.29. The standard InChI is InChI=1S/C20H12.C12H11N/c1-5-13-6-2-11-17-18-12-4-8-14-7-3-10-16(20(14)18)15(9-1)19(13)17;1-3-7-11(8-4-1)13-12-9-5-2-6-10-12/h1-12H;1-10,13H. The molecular weight excluding hydrogens is 398 g/mol. The molecule has 0 heterocycles. The van der Waals surface area contributed by atoms with Crippen LogP contribution < -0.4 is 5.32 Å². The number of benzene rings is 7. The molecule has 0 aliphatic rings. The van der Waals surface area contributed by atoms with Gasteiger partial charge in [0.15, 0.2) is 0 Å². The van der Waals surface area contributed by atoms with E-state index in [-0.39, 0.29) is 0 Å². The summed E-state index contributed by atoms with van der Waals surface area (Å²) in [7, 11) is 0. The highest BCUT2D eigenvalue weighted by Gasteiger charge is 2.11. The third-order valence-electron chi connectivity index (χ3n) is 6.23. The summed E-state index contributed by atoms with van der Waals surface area (Å²) in [4.78, 5) is 0. The summed E-state index contributed by atoms with van der Waals surface area (Å²) >= 11 is 0. The van der Waals surface area contributed by atoms with Crippen LogP contribution in [0.4, 0.5) is 11.4 Å². The molecular formula is C32H23N. The summed E-state index contributed by atoms with van der Waals surface area (Å²) in [5.74, 6) is 0. The predicted molar refractivity (Wildman–Crippen MR) is 144 cm³/mol. The summed E-state index contributed by atoms with van der Waals surface area (Å²) in [6, 6.07) is 46.7. The Hall–Kier alpha value is -4.36. The van der Waals surface area contributed by atoms with Crippen molar-refractivity contribution >= 4 is 54.5 Å². The van der Waals surface area contributed by atoms with Crippen LogP contribution >= 0.6 is 0 Å². The van der Waals surface area contributed by atoms with Crippen molar-refractivity contribution < 1.29 is 0 Å². The largest absolute Gasteiger partial charge is 0.356 e.